The van der Waals surface area contributed by atoms with Gasteiger partial charge < -0.3 is 20.1 Å². The van der Waals surface area contributed by atoms with Gasteiger partial charge in [-0.15, -0.1) is 0 Å². The fourth-order valence-corrected chi connectivity index (χ4v) is 4.46. The zero-order valence-electron chi connectivity index (χ0n) is 14.7. The maximum Gasteiger partial charge on any atom is 0.239 e. The van der Waals surface area contributed by atoms with Gasteiger partial charge in [0.1, 0.15) is 18.6 Å². The molecule has 1 fully saturated rings. The zero-order valence-corrected chi connectivity index (χ0v) is 15.5. The molecule has 1 unspecified atom stereocenters. The summed E-state index contributed by atoms with van der Waals surface area (Å²) in [6.45, 7) is 3.91. The van der Waals surface area contributed by atoms with Crippen LogP contribution >= 0.6 is 0 Å². The van der Waals surface area contributed by atoms with Crippen molar-refractivity contribution in [3.8, 4) is 11.5 Å². The first-order valence-corrected chi connectivity index (χ1v) is 10.2. The molecule has 1 aromatic rings. The van der Waals surface area contributed by atoms with Crippen LogP contribution in [0.15, 0.2) is 18.2 Å². The smallest absolute Gasteiger partial charge is 0.239 e. The molecule has 0 saturated carbocycles. The third-order valence-corrected chi connectivity index (χ3v) is 6.27. The van der Waals surface area contributed by atoms with E-state index in [-0.39, 0.29) is 11.5 Å². The lowest BCUT2D eigenvalue weighted by Gasteiger charge is -2.25. The summed E-state index contributed by atoms with van der Waals surface area (Å²) < 4.78 is 33.9. The highest BCUT2D eigenvalue weighted by molar-refractivity contribution is 7.91. The molecule has 2 aliphatic rings. The number of anilines is 1. The second kappa shape index (κ2) is 6.79. The van der Waals surface area contributed by atoms with Crippen LogP contribution in [0.3, 0.4) is 0 Å². The van der Waals surface area contributed by atoms with Crippen LogP contribution < -0.4 is 20.1 Å². The average molecular weight is 382 g/mol. The van der Waals surface area contributed by atoms with Crippen molar-refractivity contribution in [2.75, 3.05) is 30.0 Å². The summed E-state index contributed by atoms with van der Waals surface area (Å²) in [5.74, 6) is 0.115. The van der Waals surface area contributed by atoms with Crippen molar-refractivity contribution in [3.05, 3.63) is 18.2 Å². The Hall–Kier alpha value is -2.29. The number of benzene rings is 1. The zero-order chi connectivity index (χ0) is 18.9. The summed E-state index contributed by atoms with van der Waals surface area (Å²) in [6.07, 6.45) is 0.369. The number of fused-ring (bicyclic) bond motifs is 1. The van der Waals surface area contributed by atoms with Crippen LogP contribution in [0, 0.1) is 5.41 Å². The third kappa shape index (κ3) is 3.92. The predicted molar refractivity (Wildman–Crippen MR) is 95.0 cm³/mol. The van der Waals surface area contributed by atoms with Crippen molar-refractivity contribution in [2.45, 2.75) is 26.3 Å². The van der Waals surface area contributed by atoms with Crippen LogP contribution in [0.25, 0.3) is 0 Å². The molecule has 2 N–H and O–H groups in total. The quantitative estimate of drug-likeness (QED) is 0.743. The molecule has 1 saturated heterocycles. The number of sulfone groups is 1. The van der Waals surface area contributed by atoms with Crippen molar-refractivity contribution >= 4 is 27.3 Å². The lowest BCUT2D eigenvalue weighted by Crippen LogP contribution is -2.48. The molecule has 2 heterocycles. The van der Waals surface area contributed by atoms with E-state index in [0.29, 0.717) is 36.8 Å². The fraction of sp³-hybridized carbons (Fsp3) is 0.529. The molecular weight excluding hydrogens is 360 g/mol. The number of hydrogen-bond donors (Lipinski definition) is 2. The van der Waals surface area contributed by atoms with Crippen LogP contribution in [-0.2, 0) is 19.4 Å². The minimum absolute atomic E-state index is 0.0573. The number of carbonyl (C=O) groups excluding carboxylic acids is 2. The van der Waals surface area contributed by atoms with Gasteiger partial charge in [-0.1, -0.05) is 0 Å². The van der Waals surface area contributed by atoms with Gasteiger partial charge in [0, 0.05) is 17.8 Å². The lowest BCUT2D eigenvalue weighted by atomic mass is 9.90. The molecular formula is C17H22N2O6S. The molecule has 1 aromatic carbocycles. The van der Waals surface area contributed by atoms with Crippen molar-refractivity contribution in [2.24, 2.45) is 5.41 Å². The molecule has 0 bridgehead atoms. The topological polar surface area (TPSA) is 111 Å². The Kier molecular flexibility index (Phi) is 4.83. The molecule has 2 aliphatic heterocycles. The Morgan fingerprint density at radius 1 is 1.12 bits per heavy atom. The third-order valence-electron chi connectivity index (χ3n) is 4.50. The van der Waals surface area contributed by atoms with E-state index in [1.54, 1.807) is 18.2 Å². The molecule has 0 radical (unpaired) electrons. The number of ether oxygens (including phenoxy) is 2. The van der Waals surface area contributed by atoms with E-state index in [1.165, 1.54) is 13.8 Å². The summed E-state index contributed by atoms with van der Waals surface area (Å²) in [5, 5.41) is 5.37. The van der Waals surface area contributed by atoms with Crippen LogP contribution in [0.5, 0.6) is 11.5 Å². The summed E-state index contributed by atoms with van der Waals surface area (Å²) in [7, 11) is -3.11. The van der Waals surface area contributed by atoms with Gasteiger partial charge >= 0.3 is 0 Å². The number of nitrogens with one attached hydrogen (secondary N) is 2. The molecule has 0 aliphatic carbocycles. The summed E-state index contributed by atoms with van der Waals surface area (Å²) in [6, 6.07) is 4.56. The van der Waals surface area contributed by atoms with Crippen molar-refractivity contribution in [3.63, 3.8) is 0 Å². The van der Waals surface area contributed by atoms with Gasteiger partial charge in [0.05, 0.1) is 11.5 Å². The minimum Gasteiger partial charge on any atom is -0.486 e. The van der Waals surface area contributed by atoms with E-state index in [0.717, 1.165) is 0 Å². The molecule has 1 atom stereocenters. The SMILES string of the molecule is CC(C)(C(=O)Nc1ccc2c(c1)OCCO2)C(=O)NC1CCS(=O)(=O)C1. The van der Waals surface area contributed by atoms with Gasteiger partial charge in [-0.25, -0.2) is 8.42 Å². The summed E-state index contributed by atoms with van der Waals surface area (Å²) in [4.78, 5) is 25.1. The highest BCUT2D eigenvalue weighted by Gasteiger charge is 2.39. The standard InChI is InChI=1S/C17H22N2O6S/c1-17(2,16(21)19-12-5-8-26(22,23)10-12)15(20)18-11-3-4-13-14(9-11)25-7-6-24-13/h3-4,9,12H,5-8,10H2,1-2H3,(H,18,20)(H,19,21). The van der Waals surface area contributed by atoms with Crippen molar-refractivity contribution in [1.29, 1.82) is 0 Å². The Morgan fingerprint density at radius 3 is 2.46 bits per heavy atom. The van der Waals surface area contributed by atoms with Crippen LogP contribution in [0.1, 0.15) is 20.3 Å². The molecule has 142 valence electrons. The van der Waals surface area contributed by atoms with Gasteiger partial charge in [0.25, 0.3) is 0 Å². The first kappa shape index (κ1) is 18.5. The van der Waals surface area contributed by atoms with Crippen LogP contribution in [0.4, 0.5) is 5.69 Å². The number of amides is 2. The Balaban J connectivity index is 1.65. The van der Waals surface area contributed by atoms with E-state index in [2.05, 4.69) is 10.6 Å². The van der Waals surface area contributed by atoms with Gasteiger partial charge in [0.15, 0.2) is 21.3 Å². The van der Waals surface area contributed by atoms with Crippen molar-refractivity contribution in [1.82, 2.24) is 5.32 Å². The normalized spacial score (nSPS) is 21.1. The summed E-state index contributed by atoms with van der Waals surface area (Å²) >= 11 is 0. The Labute approximate surface area is 152 Å². The number of carbonyl (C=O) groups is 2. The highest BCUT2D eigenvalue weighted by Crippen LogP contribution is 2.33. The first-order chi connectivity index (χ1) is 12.2. The largest absolute Gasteiger partial charge is 0.486 e. The molecule has 9 heteroatoms. The highest BCUT2D eigenvalue weighted by atomic mass is 32.2. The van der Waals surface area contributed by atoms with Crippen LogP contribution in [-0.4, -0.2) is 51.0 Å². The van der Waals surface area contributed by atoms with E-state index in [4.69, 9.17) is 9.47 Å². The van der Waals surface area contributed by atoms with Crippen molar-refractivity contribution < 1.29 is 27.5 Å². The minimum atomic E-state index is -3.11. The van der Waals surface area contributed by atoms with E-state index >= 15 is 0 Å². The monoisotopic (exact) mass is 382 g/mol. The molecule has 0 spiro atoms. The van der Waals surface area contributed by atoms with E-state index in [9.17, 15) is 18.0 Å². The molecule has 8 nitrogen and oxygen atoms in total. The average Bonchev–Trinajstić information content (AvgIpc) is 2.93. The molecule has 2 amide bonds. The second-order valence-electron chi connectivity index (χ2n) is 7.01. The predicted octanol–water partition coefficient (Wildman–Crippen LogP) is 0.726. The van der Waals surface area contributed by atoms with Gasteiger partial charge in [0.2, 0.25) is 11.8 Å². The van der Waals surface area contributed by atoms with E-state index in [1.807, 2.05) is 0 Å². The fourth-order valence-electron chi connectivity index (χ4n) is 2.79. The Bertz CT molecular complexity index is 834. The maximum atomic E-state index is 12.6. The number of hydrogen-bond acceptors (Lipinski definition) is 6. The maximum absolute atomic E-state index is 12.6. The number of rotatable bonds is 4. The van der Waals surface area contributed by atoms with Gasteiger partial charge in [-0.05, 0) is 32.4 Å². The lowest BCUT2D eigenvalue weighted by molar-refractivity contribution is -0.138. The molecule has 0 aromatic heterocycles. The second-order valence-corrected chi connectivity index (χ2v) is 9.24. The molecule has 26 heavy (non-hydrogen) atoms. The molecule has 3 rings (SSSR count). The van der Waals surface area contributed by atoms with E-state index < -0.39 is 33.1 Å². The first-order valence-electron chi connectivity index (χ1n) is 8.40. The van der Waals surface area contributed by atoms with Gasteiger partial charge in [-0.3, -0.25) is 9.59 Å². The Morgan fingerprint density at radius 2 is 1.81 bits per heavy atom. The summed E-state index contributed by atoms with van der Waals surface area (Å²) in [5.41, 5.74) is -0.872. The van der Waals surface area contributed by atoms with Crippen LogP contribution in [0.2, 0.25) is 0 Å². The van der Waals surface area contributed by atoms with Gasteiger partial charge in [-0.2, -0.15) is 0 Å².